The molecule has 1 N–H and O–H groups in total. The summed E-state index contributed by atoms with van der Waals surface area (Å²) in [6, 6.07) is 13.1. The first kappa shape index (κ1) is 15.3. The molecule has 1 aromatic carbocycles. The quantitative estimate of drug-likeness (QED) is 0.738. The van der Waals surface area contributed by atoms with Crippen LogP contribution in [0.5, 0.6) is 0 Å². The van der Waals surface area contributed by atoms with Crippen LogP contribution < -0.4 is 5.32 Å². The minimum atomic E-state index is 0.436. The molecule has 1 aliphatic heterocycles. The van der Waals surface area contributed by atoms with Gasteiger partial charge in [-0.3, -0.25) is 0 Å². The second-order valence-corrected chi connectivity index (χ2v) is 8.06. The van der Waals surface area contributed by atoms with E-state index in [0.717, 1.165) is 41.4 Å². The predicted molar refractivity (Wildman–Crippen MR) is 102 cm³/mol. The average molecular weight is 351 g/mol. The van der Waals surface area contributed by atoms with Gasteiger partial charge in [0.05, 0.1) is 11.5 Å². The third kappa shape index (κ3) is 3.14. The number of hydrogen-bond acceptors (Lipinski definition) is 5. The summed E-state index contributed by atoms with van der Waals surface area (Å²) in [6.07, 6.45) is 6.91. The van der Waals surface area contributed by atoms with Crippen LogP contribution in [0.2, 0.25) is 0 Å². The van der Waals surface area contributed by atoms with Gasteiger partial charge in [0, 0.05) is 17.5 Å². The molecule has 5 heteroatoms. The number of rotatable bonds is 4. The molecule has 2 aliphatic rings. The smallest absolute Gasteiger partial charge is 0.138 e. The molecule has 128 valence electrons. The van der Waals surface area contributed by atoms with Gasteiger partial charge in [-0.25, -0.2) is 9.97 Å². The molecule has 4 nitrogen and oxygen atoms in total. The molecule has 1 aliphatic carbocycles. The Hall–Kier alpha value is -1.98. The molecule has 2 unspecified atom stereocenters. The van der Waals surface area contributed by atoms with Crippen LogP contribution in [0.1, 0.15) is 25.7 Å². The van der Waals surface area contributed by atoms with Crippen LogP contribution in [0, 0.1) is 5.92 Å². The first-order chi connectivity index (χ1) is 12.4. The van der Waals surface area contributed by atoms with Crippen molar-refractivity contribution in [3.63, 3.8) is 0 Å². The van der Waals surface area contributed by atoms with Crippen molar-refractivity contribution in [2.45, 2.75) is 37.8 Å². The number of fused-ring (bicyclic) bond motifs is 1. The molecular weight excluding hydrogens is 330 g/mol. The predicted octanol–water partition coefficient (Wildman–Crippen LogP) is 4.73. The molecular formula is C20H21N3OS. The Morgan fingerprint density at radius 2 is 1.96 bits per heavy atom. The van der Waals surface area contributed by atoms with Gasteiger partial charge in [0.15, 0.2) is 0 Å². The molecule has 5 rings (SSSR count). The van der Waals surface area contributed by atoms with Crippen molar-refractivity contribution in [3.05, 3.63) is 42.7 Å². The lowest BCUT2D eigenvalue weighted by Gasteiger charge is -2.30. The fraction of sp³-hybridized carbons (Fsp3) is 0.400. The van der Waals surface area contributed by atoms with Crippen molar-refractivity contribution in [3.8, 4) is 10.4 Å². The fourth-order valence-electron chi connectivity index (χ4n) is 3.66. The SMILES string of the molecule is c1ccc(-c2cc3c(NC4CCOC(C5CC5)C4)ncnc3s2)cc1. The van der Waals surface area contributed by atoms with Crippen LogP contribution in [0.3, 0.4) is 0 Å². The van der Waals surface area contributed by atoms with Crippen molar-refractivity contribution < 1.29 is 4.74 Å². The van der Waals surface area contributed by atoms with Gasteiger partial charge in [-0.2, -0.15) is 0 Å². The van der Waals surface area contributed by atoms with Gasteiger partial charge in [-0.15, -0.1) is 11.3 Å². The maximum atomic E-state index is 5.95. The van der Waals surface area contributed by atoms with Gasteiger partial charge >= 0.3 is 0 Å². The number of benzene rings is 1. The molecule has 3 aromatic rings. The number of anilines is 1. The van der Waals surface area contributed by atoms with Gasteiger partial charge < -0.3 is 10.1 Å². The highest BCUT2D eigenvalue weighted by Crippen LogP contribution is 2.39. The Balaban J connectivity index is 1.42. The largest absolute Gasteiger partial charge is 0.378 e. The van der Waals surface area contributed by atoms with Crippen LogP contribution in [-0.4, -0.2) is 28.7 Å². The van der Waals surface area contributed by atoms with Gasteiger partial charge in [0.2, 0.25) is 0 Å². The van der Waals surface area contributed by atoms with Gasteiger partial charge in [-0.05, 0) is 43.2 Å². The highest BCUT2D eigenvalue weighted by atomic mass is 32.1. The third-order valence-electron chi connectivity index (χ3n) is 5.19. The molecule has 1 saturated carbocycles. The van der Waals surface area contributed by atoms with Crippen molar-refractivity contribution in [1.82, 2.24) is 9.97 Å². The molecule has 0 spiro atoms. The molecule has 0 amide bonds. The van der Waals surface area contributed by atoms with Crippen LogP contribution >= 0.6 is 11.3 Å². The van der Waals surface area contributed by atoms with Crippen molar-refractivity contribution >= 4 is 27.4 Å². The topological polar surface area (TPSA) is 47.0 Å². The molecule has 0 bridgehead atoms. The second kappa shape index (κ2) is 6.39. The van der Waals surface area contributed by atoms with Crippen LogP contribution in [-0.2, 0) is 4.74 Å². The number of thiophene rings is 1. The first-order valence-corrected chi connectivity index (χ1v) is 9.86. The zero-order valence-corrected chi connectivity index (χ0v) is 14.8. The van der Waals surface area contributed by atoms with E-state index in [1.807, 2.05) is 6.07 Å². The summed E-state index contributed by atoms with van der Waals surface area (Å²) in [5, 5.41) is 4.80. The lowest BCUT2D eigenvalue weighted by atomic mass is 10.00. The van der Waals surface area contributed by atoms with Gasteiger partial charge in [-0.1, -0.05) is 30.3 Å². The van der Waals surface area contributed by atoms with Crippen molar-refractivity contribution in [2.24, 2.45) is 5.92 Å². The Bertz CT molecular complexity index is 875. The molecule has 2 fully saturated rings. The second-order valence-electron chi connectivity index (χ2n) is 7.03. The standard InChI is InChI=1S/C20H21N3OS/c1-2-4-14(5-3-1)18-11-16-19(21-12-22-20(16)25-18)23-15-8-9-24-17(10-15)13-6-7-13/h1-5,11-13,15,17H,6-10H2,(H,21,22,23). The fourth-order valence-corrected chi connectivity index (χ4v) is 4.67. The van der Waals surface area contributed by atoms with E-state index in [-0.39, 0.29) is 0 Å². The van der Waals surface area contributed by atoms with E-state index in [9.17, 15) is 0 Å². The zero-order valence-electron chi connectivity index (χ0n) is 14.0. The van der Waals surface area contributed by atoms with E-state index >= 15 is 0 Å². The lowest BCUT2D eigenvalue weighted by molar-refractivity contribution is -0.00221. The summed E-state index contributed by atoms with van der Waals surface area (Å²) in [7, 11) is 0. The average Bonchev–Trinajstić information content (AvgIpc) is 3.42. The monoisotopic (exact) mass is 351 g/mol. The zero-order chi connectivity index (χ0) is 16.6. The number of ether oxygens (including phenoxy) is 1. The van der Waals surface area contributed by atoms with Gasteiger partial charge in [0.1, 0.15) is 17.0 Å². The van der Waals surface area contributed by atoms with Crippen molar-refractivity contribution in [1.29, 1.82) is 0 Å². The van der Waals surface area contributed by atoms with Crippen molar-refractivity contribution in [2.75, 3.05) is 11.9 Å². The minimum Gasteiger partial charge on any atom is -0.378 e. The highest BCUT2D eigenvalue weighted by Gasteiger charge is 2.36. The third-order valence-corrected chi connectivity index (χ3v) is 6.28. The molecule has 0 radical (unpaired) electrons. The van der Waals surface area contributed by atoms with Gasteiger partial charge in [0.25, 0.3) is 0 Å². The summed E-state index contributed by atoms with van der Waals surface area (Å²) in [5.74, 6) is 1.76. The molecule has 25 heavy (non-hydrogen) atoms. The van der Waals surface area contributed by atoms with Crippen LogP contribution in [0.15, 0.2) is 42.7 Å². The number of aromatic nitrogens is 2. The Morgan fingerprint density at radius 1 is 1.08 bits per heavy atom. The molecule has 2 aromatic heterocycles. The Morgan fingerprint density at radius 3 is 2.80 bits per heavy atom. The lowest BCUT2D eigenvalue weighted by Crippen LogP contribution is -2.35. The van der Waals surface area contributed by atoms with E-state index in [2.05, 4.69) is 45.6 Å². The van der Waals surface area contributed by atoms with E-state index in [1.54, 1.807) is 17.7 Å². The van der Waals surface area contributed by atoms with E-state index in [4.69, 9.17) is 4.74 Å². The number of nitrogens with zero attached hydrogens (tertiary/aromatic N) is 2. The Labute approximate surface area is 151 Å². The normalized spacial score (nSPS) is 23.7. The van der Waals surface area contributed by atoms with E-state index in [1.165, 1.54) is 23.3 Å². The molecule has 1 saturated heterocycles. The minimum absolute atomic E-state index is 0.436. The molecule has 2 atom stereocenters. The summed E-state index contributed by atoms with van der Waals surface area (Å²) < 4.78 is 5.95. The number of nitrogens with one attached hydrogen (secondary N) is 1. The summed E-state index contributed by atoms with van der Waals surface area (Å²) in [6.45, 7) is 0.853. The molecule has 3 heterocycles. The first-order valence-electron chi connectivity index (χ1n) is 9.05. The van der Waals surface area contributed by atoms with Crippen LogP contribution in [0.25, 0.3) is 20.7 Å². The summed E-state index contributed by atoms with van der Waals surface area (Å²) >= 11 is 1.73. The summed E-state index contributed by atoms with van der Waals surface area (Å²) in [5.41, 5.74) is 1.23. The van der Waals surface area contributed by atoms with E-state index in [0.29, 0.717) is 12.1 Å². The van der Waals surface area contributed by atoms with Crippen LogP contribution in [0.4, 0.5) is 5.82 Å². The summed E-state index contributed by atoms with van der Waals surface area (Å²) in [4.78, 5) is 11.3. The Kier molecular flexibility index (Phi) is 3.91. The van der Waals surface area contributed by atoms with E-state index < -0.39 is 0 Å². The number of hydrogen-bond donors (Lipinski definition) is 1. The maximum Gasteiger partial charge on any atom is 0.138 e. The maximum absolute atomic E-state index is 5.95. The highest BCUT2D eigenvalue weighted by molar-refractivity contribution is 7.21.